The molecule has 3 aromatic rings. The lowest BCUT2D eigenvalue weighted by Gasteiger charge is -2.50. The zero-order chi connectivity index (χ0) is 50.5. The Morgan fingerprint density at radius 1 is 1.00 bits per heavy atom. The predicted molar refractivity (Wildman–Crippen MR) is 263 cm³/mol. The van der Waals surface area contributed by atoms with E-state index in [-0.39, 0.29) is 69.8 Å². The van der Waals surface area contributed by atoms with E-state index in [1.807, 2.05) is 35.4 Å². The third-order valence-electron chi connectivity index (χ3n) is 14.4. The largest absolute Gasteiger partial charge is 0.508 e. The summed E-state index contributed by atoms with van der Waals surface area (Å²) in [5, 5.41) is 38.9. The van der Waals surface area contributed by atoms with Crippen molar-refractivity contribution < 1.29 is 53.2 Å². The molecule has 0 spiro atoms. The van der Waals surface area contributed by atoms with Crippen LogP contribution in [0.4, 0.5) is 15.8 Å². The fraction of sp³-hybridized carbons (Fsp3) is 0.520. The quantitative estimate of drug-likeness (QED) is 0.0470. The number of amides is 1. The number of anilines is 2. The Morgan fingerprint density at radius 3 is 2.29 bits per heavy atom. The summed E-state index contributed by atoms with van der Waals surface area (Å²) in [4.78, 5) is 85.5. The van der Waals surface area contributed by atoms with Gasteiger partial charge in [-0.3, -0.25) is 28.9 Å². The molecule has 1 unspecified atom stereocenters. The molecule has 20 heteroatoms. The van der Waals surface area contributed by atoms with E-state index in [0.29, 0.717) is 60.8 Å². The Balaban J connectivity index is 0.821. The van der Waals surface area contributed by atoms with Crippen LogP contribution in [0.1, 0.15) is 98.0 Å². The highest BCUT2D eigenvalue weighted by Crippen LogP contribution is 2.54. The molecule has 3 aliphatic carbocycles. The molecule has 2 fully saturated rings. The topological polar surface area (TPSA) is 234 Å². The number of carbonyl (C=O) groups is 5. The SMILES string of the molecule is CC1Sc2c(C(=O)OCCCCCCCCCCC(=O)Oc3ccc(N(C)C)c4c3C(O)=C3C(=O)[C@@]5(O)C(O)=C(C(N)=O)C(=O)[C@H](N(C)C)[C@H]5C[C@H]3C4)c(=O)c3cc(F)c(N4CCNCC4)c(Cl)c3n21. The van der Waals surface area contributed by atoms with Crippen LogP contribution in [0.2, 0.25) is 5.02 Å². The molecule has 3 heterocycles. The summed E-state index contributed by atoms with van der Waals surface area (Å²) in [6.07, 6.45) is 6.55. The number of ether oxygens (including phenoxy) is 2. The molecule has 1 aromatic heterocycles. The number of unbranched alkanes of at least 4 members (excludes halogenated alkanes) is 7. The second-order valence-electron chi connectivity index (χ2n) is 19.2. The van der Waals surface area contributed by atoms with Crippen molar-refractivity contribution in [3.8, 4) is 5.75 Å². The highest BCUT2D eigenvalue weighted by molar-refractivity contribution is 8.00. The van der Waals surface area contributed by atoms with Gasteiger partial charge in [0.2, 0.25) is 11.2 Å². The van der Waals surface area contributed by atoms with Gasteiger partial charge in [0.05, 0.1) is 50.2 Å². The monoisotopic (exact) mass is 1010 g/mol. The Hall–Kier alpha value is -5.47. The number of fused-ring (bicyclic) bond motifs is 6. The minimum Gasteiger partial charge on any atom is -0.508 e. The number of nitrogens with one attached hydrogen (secondary N) is 1. The molecule has 0 bridgehead atoms. The van der Waals surface area contributed by atoms with Crippen LogP contribution in [-0.4, -0.2) is 127 Å². The van der Waals surface area contributed by atoms with Crippen LogP contribution in [0.3, 0.4) is 0 Å². The molecule has 0 radical (unpaired) electrons. The number of ketones is 2. The molecular formula is C50H60ClFN6O11S. The number of hydrogen-bond donors (Lipinski definition) is 5. The second-order valence-corrected chi connectivity index (χ2v) is 20.9. The highest BCUT2D eigenvalue weighted by Gasteiger charge is 2.64. The predicted octanol–water partition coefficient (Wildman–Crippen LogP) is 5.74. The first-order chi connectivity index (χ1) is 33.3. The van der Waals surface area contributed by atoms with Crippen molar-refractivity contribution in [1.29, 1.82) is 0 Å². The van der Waals surface area contributed by atoms with E-state index < -0.39 is 81.2 Å². The summed E-state index contributed by atoms with van der Waals surface area (Å²) < 4.78 is 28.7. The number of piperazine rings is 1. The summed E-state index contributed by atoms with van der Waals surface area (Å²) in [5.41, 5.74) is 3.05. The maximum atomic E-state index is 15.5. The summed E-state index contributed by atoms with van der Waals surface area (Å²) in [6, 6.07) is 3.31. The van der Waals surface area contributed by atoms with Gasteiger partial charge in [-0.1, -0.05) is 61.9 Å². The number of primary amides is 1. The normalized spacial score (nSPS) is 22.9. The first-order valence-electron chi connectivity index (χ1n) is 23.9. The average molecular weight is 1010 g/mol. The van der Waals surface area contributed by atoms with Gasteiger partial charge in [0.25, 0.3) is 5.91 Å². The molecule has 1 amide bonds. The highest BCUT2D eigenvalue weighted by atomic mass is 35.5. The van der Waals surface area contributed by atoms with Crippen LogP contribution < -0.4 is 31.0 Å². The number of nitrogens with two attached hydrogens (primary N) is 1. The number of nitrogens with zero attached hydrogens (tertiary/aromatic N) is 4. The molecule has 1 saturated carbocycles. The van der Waals surface area contributed by atoms with Crippen molar-refractivity contribution in [2.75, 3.05) is 70.8 Å². The number of pyridine rings is 1. The lowest BCUT2D eigenvalue weighted by Crippen LogP contribution is -2.65. The molecular weight excluding hydrogens is 947 g/mol. The number of aliphatic hydroxyl groups excluding tert-OH is 2. The minimum absolute atomic E-state index is 0.00521. The number of esters is 2. The molecule has 1 saturated heterocycles. The van der Waals surface area contributed by atoms with E-state index in [0.717, 1.165) is 38.5 Å². The number of benzene rings is 2. The summed E-state index contributed by atoms with van der Waals surface area (Å²) >= 11 is 8.19. The number of likely N-dealkylation sites (N-methyl/N-ethyl adjacent to an activating group) is 1. The van der Waals surface area contributed by atoms with Gasteiger partial charge in [-0.25, -0.2) is 9.18 Å². The number of aliphatic hydroxyl groups is 3. The number of hydrogen-bond acceptors (Lipinski definition) is 16. The van der Waals surface area contributed by atoms with Crippen LogP contribution in [0.15, 0.2) is 44.9 Å². The van der Waals surface area contributed by atoms with Crippen LogP contribution in [0.5, 0.6) is 5.75 Å². The standard InChI is InChI=1S/C50H60ClFN6O11S/c1-25-58-39-28(24-30(52)41(38(39)51)57-19-17-54-18-20-57)42(60)37(48(58)70-25)49(66)68-21-13-11-9-7-6-8-10-12-14-33(59)69-32-16-15-31(55(2)3)27-22-26-23-29-40(56(4)5)44(62)36(47(53)65)46(64)50(29,67)45(63)34(26)43(61)35(27)32/h15-16,24-26,29,40,54,61,64,67H,6-14,17-23H2,1-5H3,(H2,53,65)/t25?,26-,29-,40-,50-/m1/s1. The number of aromatic nitrogens is 1. The maximum absolute atomic E-state index is 15.5. The molecule has 8 rings (SSSR count). The van der Waals surface area contributed by atoms with Gasteiger partial charge in [0.1, 0.15) is 34.2 Å². The Kier molecular flexibility index (Phi) is 14.8. The van der Waals surface area contributed by atoms with Crippen LogP contribution >= 0.6 is 23.4 Å². The Morgan fingerprint density at radius 2 is 1.66 bits per heavy atom. The zero-order valence-corrected chi connectivity index (χ0v) is 41.6. The molecule has 5 atom stereocenters. The van der Waals surface area contributed by atoms with Gasteiger partial charge < -0.3 is 50.2 Å². The van der Waals surface area contributed by atoms with Gasteiger partial charge in [0, 0.05) is 63.9 Å². The maximum Gasteiger partial charge on any atom is 0.344 e. The van der Waals surface area contributed by atoms with E-state index in [9.17, 15) is 44.1 Å². The summed E-state index contributed by atoms with van der Waals surface area (Å²) in [6.45, 7) is 4.57. The lowest BCUT2D eigenvalue weighted by molar-refractivity contribution is -0.153. The fourth-order valence-electron chi connectivity index (χ4n) is 11.0. The Bertz CT molecular complexity index is 2810. The summed E-state index contributed by atoms with van der Waals surface area (Å²) in [7, 11) is 6.73. The van der Waals surface area contributed by atoms with Crippen molar-refractivity contribution in [3.63, 3.8) is 0 Å². The van der Waals surface area contributed by atoms with Crippen molar-refractivity contribution in [2.45, 2.75) is 99.6 Å². The van der Waals surface area contributed by atoms with Crippen molar-refractivity contribution in [1.82, 2.24) is 14.8 Å². The van der Waals surface area contributed by atoms with E-state index >= 15 is 4.39 Å². The summed E-state index contributed by atoms with van der Waals surface area (Å²) in [5.74, 6) is -8.55. The van der Waals surface area contributed by atoms with Gasteiger partial charge >= 0.3 is 11.9 Å². The molecule has 70 heavy (non-hydrogen) atoms. The van der Waals surface area contributed by atoms with Crippen molar-refractivity contribution >= 4 is 80.8 Å². The third kappa shape index (κ3) is 8.85. The van der Waals surface area contributed by atoms with Crippen LogP contribution in [-0.2, 0) is 30.3 Å². The smallest absolute Gasteiger partial charge is 0.344 e. The van der Waals surface area contributed by atoms with E-state index in [2.05, 4.69) is 5.32 Å². The van der Waals surface area contributed by atoms with Gasteiger partial charge in [-0.05, 0) is 76.4 Å². The number of carbonyl (C=O) groups excluding carboxylic acids is 5. The number of thioether (sulfide) groups is 1. The number of halogens is 2. The van der Waals surface area contributed by atoms with E-state index in [1.54, 1.807) is 20.2 Å². The molecule has 6 N–H and O–H groups in total. The van der Waals surface area contributed by atoms with Crippen molar-refractivity contribution in [2.24, 2.45) is 17.6 Å². The minimum atomic E-state index is -2.73. The molecule has 17 nitrogen and oxygen atoms in total. The van der Waals surface area contributed by atoms with Gasteiger partial charge in [-0.15, -0.1) is 0 Å². The number of Topliss-reactive ketones (excluding diaryl/α,β-unsaturated/α-hetero) is 2. The molecule has 2 aliphatic heterocycles. The van der Waals surface area contributed by atoms with Gasteiger partial charge in [0.15, 0.2) is 11.4 Å². The van der Waals surface area contributed by atoms with Gasteiger partial charge in [-0.2, -0.15) is 0 Å². The first-order valence-corrected chi connectivity index (χ1v) is 25.1. The number of rotatable bonds is 17. The lowest BCUT2D eigenvalue weighted by atomic mass is 9.57. The fourth-order valence-corrected chi connectivity index (χ4v) is 12.5. The van der Waals surface area contributed by atoms with Crippen LogP contribution in [0, 0.1) is 17.7 Å². The Labute approximate surface area is 413 Å². The molecule has 2 aromatic carbocycles. The third-order valence-corrected chi connectivity index (χ3v) is 15.9. The zero-order valence-electron chi connectivity index (χ0n) is 40.0. The van der Waals surface area contributed by atoms with Crippen LogP contribution in [0.25, 0.3) is 16.7 Å². The molecule has 376 valence electrons. The first kappa shape index (κ1) is 50.9. The van der Waals surface area contributed by atoms with E-state index in [4.69, 9.17) is 26.8 Å². The second kappa shape index (κ2) is 20.3. The van der Waals surface area contributed by atoms with E-state index in [1.165, 1.54) is 28.8 Å². The average Bonchev–Trinajstić information content (AvgIpc) is 3.29. The molecule has 5 aliphatic rings. The van der Waals surface area contributed by atoms with Crippen molar-refractivity contribution in [3.05, 3.63) is 72.9 Å².